The first-order valence-electron chi connectivity index (χ1n) is 4.91. The van der Waals surface area contributed by atoms with Gasteiger partial charge in [-0.2, -0.15) is 0 Å². The zero-order chi connectivity index (χ0) is 6.86. The van der Waals surface area contributed by atoms with Crippen LogP contribution in [-0.2, 0) is 0 Å². The zero-order valence-corrected chi connectivity index (χ0v) is 8.09. The average Bonchev–Trinajstić information content (AvgIpc) is 2.39. The maximum atomic E-state index is 1.56. The molecule has 0 unspecified atom stereocenters. The zero-order valence-electron chi connectivity index (χ0n) is 7.27. The maximum Gasteiger partial charge on any atom is -0.0297 e. The third-order valence-electron chi connectivity index (χ3n) is 3.58. The monoisotopic (exact) mass is 174 g/mol. The number of halogens is 1. The molecule has 2 aliphatic rings. The van der Waals surface area contributed by atoms with Crippen molar-refractivity contribution in [3.05, 3.63) is 0 Å². The van der Waals surface area contributed by atoms with E-state index in [1.807, 2.05) is 0 Å². The van der Waals surface area contributed by atoms with Crippen LogP contribution in [0.3, 0.4) is 0 Å². The van der Waals surface area contributed by atoms with E-state index >= 15 is 0 Å². The molecule has 0 nitrogen and oxygen atoms in total. The van der Waals surface area contributed by atoms with Gasteiger partial charge in [0.15, 0.2) is 0 Å². The Morgan fingerprint density at radius 2 is 0.909 bits per heavy atom. The van der Waals surface area contributed by atoms with Crippen LogP contribution in [0.4, 0.5) is 0 Å². The van der Waals surface area contributed by atoms with Crippen LogP contribution in [0, 0.1) is 5.41 Å². The Morgan fingerprint density at radius 3 is 1.36 bits per heavy atom. The molecule has 1 heteroatoms. The Bertz CT molecular complexity index is 106. The Balaban J connectivity index is 0.000000605. The van der Waals surface area contributed by atoms with Gasteiger partial charge in [-0.15, -0.1) is 12.4 Å². The molecular formula is C10H19Cl. The van der Waals surface area contributed by atoms with Gasteiger partial charge in [0, 0.05) is 0 Å². The van der Waals surface area contributed by atoms with Crippen LogP contribution in [0.1, 0.15) is 57.8 Å². The Hall–Kier alpha value is 0.290. The summed E-state index contributed by atoms with van der Waals surface area (Å²) in [7, 11) is 0. The second-order valence-electron chi connectivity index (χ2n) is 4.27. The van der Waals surface area contributed by atoms with E-state index in [4.69, 9.17) is 0 Å². The average molecular weight is 175 g/mol. The van der Waals surface area contributed by atoms with Crippen molar-refractivity contribution in [3.8, 4) is 0 Å². The molecule has 0 aromatic heterocycles. The summed E-state index contributed by atoms with van der Waals surface area (Å²) in [5.41, 5.74) is 0.873. The molecule has 11 heavy (non-hydrogen) atoms. The summed E-state index contributed by atoms with van der Waals surface area (Å²) in [4.78, 5) is 0. The standard InChI is InChI=1S/C10H18.ClH/c1-2-6-10(7-3-1)8-4-5-9-10;/h1-9H2;1H. The minimum Gasteiger partial charge on any atom is -0.147 e. The number of hydrogen-bond donors (Lipinski definition) is 0. The van der Waals surface area contributed by atoms with Gasteiger partial charge in [0.1, 0.15) is 0 Å². The van der Waals surface area contributed by atoms with Crippen LogP contribution in [0.15, 0.2) is 0 Å². The van der Waals surface area contributed by atoms with Gasteiger partial charge in [0.05, 0.1) is 0 Å². The first-order chi connectivity index (χ1) is 4.91. The predicted molar refractivity (Wildman–Crippen MR) is 51.2 cm³/mol. The van der Waals surface area contributed by atoms with E-state index < -0.39 is 0 Å². The van der Waals surface area contributed by atoms with Crippen LogP contribution in [0.25, 0.3) is 0 Å². The molecule has 0 bridgehead atoms. The molecule has 0 aromatic rings. The summed E-state index contributed by atoms with van der Waals surface area (Å²) in [5, 5.41) is 0. The lowest BCUT2D eigenvalue weighted by atomic mass is 9.73. The van der Waals surface area contributed by atoms with Gasteiger partial charge in [0.25, 0.3) is 0 Å². The van der Waals surface area contributed by atoms with E-state index in [-0.39, 0.29) is 12.4 Å². The summed E-state index contributed by atoms with van der Waals surface area (Å²) in [6.07, 6.45) is 13.9. The number of hydrogen-bond acceptors (Lipinski definition) is 0. The van der Waals surface area contributed by atoms with E-state index in [0.29, 0.717) is 0 Å². The molecule has 0 aromatic carbocycles. The Kier molecular flexibility index (Phi) is 3.24. The molecule has 0 aliphatic heterocycles. The third-order valence-corrected chi connectivity index (χ3v) is 3.58. The first-order valence-corrected chi connectivity index (χ1v) is 4.91. The predicted octanol–water partition coefficient (Wildman–Crippen LogP) is 3.93. The number of rotatable bonds is 0. The van der Waals surface area contributed by atoms with Gasteiger partial charge in [-0.25, -0.2) is 0 Å². The van der Waals surface area contributed by atoms with Gasteiger partial charge in [-0.1, -0.05) is 32.1 Å². The molecule has 2 fully saturated rings. The molecule has 0 saturated heterocycles. The summed E-state index contributed by atoms with van der Waals surface area (Å²) >= 11 is 0. The van der Waals surface area contributed by atoms with E-state index in [2.05, 4.69) is 0 Å². The highest BCUT2D eigenvalue weighted by Gasteiger charge is 2.34. The van der Waals surface area contributed by atoms with Crippen LogP contribution in [-0.4, -0.2) is 0 Å². The normalized spacial score (nSPS) is 28.4. The lowest BCUT2D eigenvalue weighted by Gasteiger charge is -2.32. The lowest BCUT2D eigenvalue weighted by molar-refractivity contribution is 0.197. The third kappa shape index (κ3) is 1.90. The SMILES string of the molecule is C1CCC2(CC1)CCCC2.Cl. The smallest absolute Gasteiger partial charge is 0.0297 e. The lowest BCUT2D eigenvalue weighted by Crippen LogP contribution is -2.19. The van der Waals surface area contributed by atoms with Gasteiger partial charge < -0.3 is 0 Å². The minimum absolute atomic E-state index is 0. The van der Waals surface area contributed by atoms with E-state index in [9.17, 15) is 0 Å². The van der Waals surface area contributed by atoms with E-state index in [1.165, 1.54) is 32.1 Å². The van der Waals surface area contributed by atoms with Gasteiger partial charge in [-0.05, 0) is 31.1 Å². The summed E-state index contributed by atoms with van der Waals surface area (Å²) in [5.74, 6) is 0. The van der Waals surface area contributed by atoms with Crippen molar-refractivity contribution in [2.24, 2.45) is 5.41 Å². The summed E-state index contributed by atoms with van der Waals surface area (Å²) in [6, 6.07) is 0. The van der Waals surface area contributed by atoms with Crippen LogP contribution in [0.5, 0.6) is 0 Å². The molecule has 0 atom stereocenters. The van der Waals surface area contributed by atoms with E-state index in [1.54, 1.807) is 25.7 Å². The highest BCUT2D eigenvalue weighted by molar-refractivity contribution is 5.85. The molecule has 2 aliphatic carbocycles. The Morgan fingerprint density at radius 1 is 0.545 bits per heavy atom. The summed E-state index contributed by atoms with van der Waals surface area (Å²) in [6.45, 7) is 0. The van der Waals surface area contributed by atoms with Gasteiger partial charge in [-0.3, -0.25) is 0 Å². The first kappa shape index (κ1) is 9.38. The van der Waals surface area contributed by atoms with Crippen molar-refractivity contribution in [1.82, 2.24) is 0 Å². The highest BCUT2D eigenvalue weighted by Crippen LogP contribution is 2.48. The molecule has 66 valence electrons. The van der Waals surface area contributed by atoms with Crippen molar-refractivity contribution in [1.29, 1.82) is 0 Å². The molecule has 2 rings (SSSR count). The second-order valence-corrected chi connectivity index (χ2v) is 4.27. The van der Waals surface area contributed by atoms with Crippen molar-refractivity contribution in [2.45, 2.75) is 57.8 Å². The topological polar surface area (TPSA) is 0 Å². The fourth-order valence-electron chi connectivity index (χ4n) is 2.93. The fourth-order valence-corrected chi connectivity index (χ4v) is 2.93. The minimum atomic E-state index is 0. The summed E-state index contributed by atoms with van der Waals surface area (Å²) < 4.78 is 0. The Labute approximate surface area is 76.2 Å². The van der Waals surface area contributed by atoms with Crippen molar-refractivity contribution in [3.63, 3.8) is 0 Å². The highest BCUT2D eigenvalue weighted by atomic mass is 35.5. The quantitative estimate of drug-likeness (QED) is 0.522. The van der Waals surface area contributed by atoms with Gasteiger partial charge in [0.2, 0.25) is 0 Å². The fraction of sp³-hybridized carbons (Fsp3) is 1.00. The molecule has 0 heterocycles. The van der Waals surface area contributed by atoms with Crippen molar-refractivity contribution in [2.75, 3.05) is 0 Å². The molecule has 0 N–H and O–H groups in total. The molecule has 0 amide bonds. The van der Waals surface area contributed by atoms with Crippen LogP contribution < -0.4 is 0 Å². The van der Waals surface area contributed by atoms with Crippen LogP contribution >= 0.6 is 12.4 Å². The molecule has 1 spiro atoms. The van der Waals surface area contributed by atoms with Gasteiger partial charge >= 0.3 is 0 Å². The second kappa shape index (κ2) is 3.80. The van der Waals surface area contributed by atoms with E-state index in [0.717, 1.165) is 5.41 Å². The molecule has 2 saturated carbocycles. The van der Waals surface area contributed by atoms with Crippen molar-refractivity contribution >= 4 is 12.4 Å². The molecular weight excluding hydrogens is 156 g/mol. The van der Waals surface area contributed by atoms with Crippen molar-refractivity contribution < 1.29 is 0 Å². The largest absolute Gasteiger partial charge is 0.147 e. The van der Waals surface area contributed by atoms with Crippen LogP contribution in [0.2, 0.25) is 0 Å². The maximum absolute atomic E-state index is 1.56. The molecule has 0 radical (unpaired) electrons.